The number of ether oxygens (including phenoxy) is 1. The minimum atomic E-state index is -3.69. The lowest BCUT2D eigenvalue weighted by Crippen LogP contribution is -2.23. The van der Waals surface area contributed by atoms with Gasteiger partial charge < -0.3 is 9.84 Å². The molecule has 2 heterocycles. The standard InChI is InChI=1S/C14H14N2O5S2/c1-8-4-9-5-10(2-3-12(9)21-8)23(19,20)15-6-13-16-11(7-22-13)14(17)18/h2-3,5,7-8,15H,4,6H2,1H3,(H,17,18). The number of rotatable bonds is 5. The molecule has 1 atom stereocenters. The second kappa shape index (κ2) is 5.91. The highest BCUT2D eigenvalue weighted by atomic mass is 32.2. The third-order valence-electron chi connectivity index (χ3n) is 3.36. The van der Waals surface area contributed by atoms with Crippen LogP contribution in [-0.2, 0) is 23.0 Å². The SMILES string of the molecule is CC1Cc2cc(S(=O)(=O)NCc3nc(C(=O)O)cs3)ccc2O1. The van der Waals surface area contributed by atoms with Crippen molar-refractivity contribution < 1.29 is 23.1 Å². The average Bonchev–Trinajstić information content (AvgIpc) is 3.09. The van der Waals surface area contributed by atoms with Crippen LogP contribution in [0.4, 0.5) is 0 Å². The number of carboxylic acid groups (broad SMARTS) is 1. The van der Waals surface area contributed by atoms with Gasteiger partial charge in [-0.15, -0.1) is 11.3 Å². The predicted octanol–water partition coefficient (Wildman–Crippen LogP) is 1.64. The first-order valence-corrected chi connectivity index (χ1v) is 9.18. The smallest absolute Gasteiger partial charge is 0.355 e. The minimum Gasteiger partial charge on any atom is -0.490 e. The number of hydrogen-bond donors (Lipinski definition) is 2. The van der Waals surface area contributed by atoms with Gasteiger partial charge in [-0.2, -0.15) is 0 Å². The monoisotopic (exact) mass is 354 g/mol. The summed E-state index contributed by atoms with van der Waals surface area (Å²) in [5.41, 5.74) is 0.774. The van der Waals surface area contributed by atoms with E-state index in [2.05, 4.69) is 9.71 Å². The molecule has 2 aromatic rings. The fourth-order valence-corrected chi connectivity index (χ4v) is 4.13. The molecule has 2 N–H and O–H groups in total. The second-order valence-corrected chi connectivity index (χ2v) is 7.87. The third kappa shape index (κ3) is 3.36. The maximum Gasteiger partial charge on any atom is 0.355 e. The highest BCUT2D eigenvalue weighted by Crippen LogP contribution is 2.30. The first-order valence-electron chi connectivity index (χ1n) is 6.82. The van der Waals surface area contributed by atoms with E-state index in [1.165, 1.54) is 11.4 Å². The van der Waals surface area contributed by atoms with Gasteiger partial charge in [-0.25, -0.2) is 22.9 Å². The Bertz CT molecular complexity index is 860. The molecule has 23 heavy (non-hydrogen) atoms. The molecular formula is C14H14N2O5S2. The number of carboxylic acids is 1. The van der Waals surface area contributed by atoms with E-state index < -0.39 is 16.0 Å². The topological polar surface area (TPSA) is 106 Å². The van der Waals surface area contributed by atoms with Crippen LogP contribution >= 0.6 is 11.3 Å². The number of aromatic carboxylic acids is 1. The number of nitrogens with one attached hydrogen (secondary N) is 1. The summed E-state index contributed by atoms with van der Waals surface area (Å²) in [6.45, 7) is 1.87. The molecule has 1 unspecified atom stereocenters. The maximum absolute atomic E-state index is 12.3. The van der Waals surface area contributed by atoms with Crippen molar-refractivity contribution in [2.24, 2.45) is 0 Å². The lowest BCUT2D eigenvalue weighted by atomic mass is 10.1. The van der Waals surface area contributed by atoms with Gasteiger partial charge in [-0.3, -0.25) is 0 Å². The highest BCUT2D eigenvalue weighted by molar-refractivity contribution is 7.89. The van der Waals surface area contributed by atoms with Gasteiger partial charge in [0.2, 0.25) is 10.0 Å². The Hall–Kier alpha value is -1.97. The average molecular weight is 354 g/mol. The number of aromatic nitrogens is 1. The van der Waals surface area contributed by atoms with E-state index >= 15 is 0 Å². The Morgan fingerprint density at radius 2 is 2.30 bits per heavy atom. The summed E-state index contributed by atoms with van der Waals surface area (Å²) < 4.78 is 32.7. The summed E-state index contributed by atoms with van der Waals surface area (Å²) in [5.74, 6) is -0.425. The van der Waals surface area contributed by atoms with E-state index in [1.54, 1.807) is 12.1 Å². The number of sulfonamides is 1. The van der Waals surface area contributed by atoms with Gasteiger partial charge in [0.05, 0.1) is 11.4 Å². The van der Waals surface area contributed by atoms with Crippen LogP contribution in [0.15, 0.2) is 28.5 Å². The van der Waals surface area contributed by atoms with E-state index in [0.29, 0.717) is 17.2 Å². The molecule has 0 aliphatic carbocycles. The molecule has 0 saturated carbocycles. The lowest BCUT2D eigenvalue weighted by Gasteiger charge is -2.07. The van der Waals surface area contributed by atoms with Crippen LogP contribution in [0.25, 0.3) is 0 Å². The van der Waals surface area contributed by atoms with E-state index in [0.717, 1.165) is 16.9 Å². The molecule has 0 bridgehead atoms. The van der Waals surface area contributed by atoms with Crippen molar-refractivity contribution >= 4 is 27.3 Å². The quantitative estimate of drug-likeness (QED) is 0.846. The molecular weight excluding hydrogens is 340 g/mol. The Morgan fingerprint density at radius 3 is 3.00 bits per heavy atom. The van der Waals surface area contributed by atoms with Crippen molar-refractivity contribution in [3.05, 3.63) is 39.8 Å². The molecule has 0 spiro atoms. The van der Waals surface area contributed by atoms with Crippen molar-refractivity contribution in [3.63, 3.8) is 0 Å². The third-order valence-corrected chi connectivity index (χ3v) is 5.61. The zero-order valence-corrected chi connectivity index (χ0v) is 13.8. The number of nitrogens with zero attached hydrogens (tertiary/aromatic N) is 1. The number of fused-ring (bicyclic) bond motifs is 1. The number of benzene rings is 1. The number of hydrogen-bond acceptors (Lipinski definition) is 6. The lowest BCUT2D eigenvalue weighted by molar-refractivity contribution is 0.0691. The van der Waals surface area contributed by atoms with Gasteiger partial charge in [0.25, 0.3) is 0 Å². The van der Waals surface area contributed by atoms with Crippen LogP contribution in [-0.4, -0.2) is 30.6 Å². The van der Waals surface area contributed by atoms with E-state index in [4.69, 9.17) is 9.84 Å². The van der Waals surface area contributed by atoms with E-state index in [-0.39, 0.29) is 23.2 Å². The summed E-state index contributed by atoms with van der Waals surface area (Å²) in [4.78, 5) is 14.8. The van der Waals surface area contributed by atoms with Crippen molar-refractivity contribution in [2.75, 3.05) is 0 Å². The molecule has 1 aromatic carbocycles. The van der Waals surface area contributed by atoms with Crippen molar-refractivity contribution in [1.82, 2.24) is 9.71 Å². The van der Waals surface area contributed by atoms with Crippen molar-refractivity contribution in [1.29, 1.82) is 0 Å². The zero-order valence-electron chi connectivity index (χ0n) is 12.1. The van der Waals surface area contributed by atoms with E-state index in [9.17, 15) is 13.2 Å². The van der Waals surface area contributed by atoms with Crippen LogP contribution < -0.4 is 9.46 Å². The van der Waals surface area contributed by atoms with Crippen LogP contribution in [0.3, 0.4) is 0 Å². The molecule has 1 aliphatic rings. The van der Waals surface area contributed by atoms with Crippen LogP contribution in [0.5, 0.6) is 5.75 Å². The van der Waals surface area contributed by atoms with Gasteiger partial charge in [0.1, 0.15) is 16.9 Å². The second-order valence-electron chi connectivity index (χ2n) is 5.16. The summed E-state index contributed by atoms with van der Waals surface area (Å²) in [7, 11) is -3.69. The molecule has 0 amide bonds. The van der Waals surface area contributed by atoms with Gasteiger partial charge in [0.15, 0.2) is 5.69 Å². The zero-order chi connectivity index (χ0) is 16.6. The van der Waals surface area contributed by atoms with Crippen LogP contribution in [0.2, 0.25) is 0 Å². The Kier molecular flexibility index (Phi) is 4.09. The summed E-state index contributed by atoms with van der Waals surface area (Å²) >= 11 is 1.10. The molecule has 1 aromatic heterocycles. The van der Waals surface area contributed by atoms with Crippen molar-refractivity contribution in [2.45, 2.75) is 30.9 Å². The van der Waals surface area contributed by atoms with Gasteiger partial charge in [-0.05, 0) is 30.7 Å². The van der Waals surface area contributed by atoms with Crippen LogP contribution in [0.1, 0.15) is 28.0 Å². The Morgan fingerprint density at radius 1 is 1.52 bits per heavy atom. The van der Waals surface area contributed by atoms with Crippen LogP contribution in [0, 0.1) is 0 Å². The molecule has 0 radical (unpaired) electrons. The first kappa shape index (κ1) is 15.9. The van der Waals surface area contributed by atoms with Gasteiger partial charge in [-0.1, -0.05) is 0 Å². The molecule has 0 saturated heterocycles. The van der Waals surface area contributed by atoms with Crippen molar-refractivity contribution in [3.8, 4) is 5.75 Å². The van der Waals surface area contributed by atoms with Gasteiger partial charge in [0, 0.05) is 11.8 Å². The molecule has 1 aliphatic heterocycles. The molecule has 9 heteroatoms. The fraction of sp³-hybridized carbons (Fsp3) is 0.286. The summed E-state index contributed by atoms with van der Waals surface area (Å²) in [6, 6.07) is 4.74. The predicted molar refractivity (Wildman–Crippen MR) is 83.3 cm³/mol. The maximum atomic E-state index is 12.3. The Labute approximate surface area is 137 Å². The normalized spacial score (nSPS) is 16.8. The number of carbonyl (C=O) groups is 1. The molecule has 3 rings (SSSR count). The summed E-state index contributed by atoms with van der Waals surface area (Å²) in [5, 5.41) is 10.6. The first-order chi connectivity index (χ1) is 10.8. The Balaban J connectivity index is 1.74. The fourth-order valence-electron chi connectivity index (χ4n) is 2.30. The summed E-state index contributed by atoms with van der Waals surface area (Å²) in [6.07, 6.45) is 0.716. The largest absolute Gasteiger partial charge is 0.490 e. The van der Waals surface area contributed by atoms with E-state index in [1.807, 2.05) is 6.92 Å². The minimum absolute atomic E-state index is 0.0423. The highest BCUT2D eigenvalue weighted by Gasteiger charge is 2.23. The number of thiazole rings is 1. The molecule has 7 nitrogen and oxygen atoms in total. The molecule has 122 valence electrons. The van der Waals surface area contributed by atoms with Gasteiger partial charge >= 0.3 is 5.97 Å². The molecule has 0 fully saturated rings.